The first kappa shape index (κ1) is 27.2. The lowest BCUT2D eigenvalue weighted by Gasteiger charge is -2.20. The van der Waals surface area contributed by atoms with Crippen LogP contribution in [0, 0.1) is 29.1 Å². The molecule has 0 saturated carbocycles. The van der Waals surface area contributed by atoms with Gasteiger partial charge in [-0.05, 0) is 41.5 Å². The van der Waals surface area contributed by atoms with E-state index in [9.17, 15) is 30.7 Å². The predicted molar refractivity (Wildman–Crippen MR) is 137 cm³/mol. The Morgan fingerprint density at radius 1 is 0.750 bits per heavy atom. The lowest BCUT2D eigenvalue weighted by atomic mass is 10.0. The van der Waals surface area contributed by atoms with Crippen LogP contribution >= 0.6 is 11.3 Å². The Morgan fingerprint density at radius 3 is 2.00 bits per heavy atom. The maximum absolute atomic E-state index is 14.8. The number of fused-ring (bicyclic) bond motifs is 1. The number of hydrogen-bond donors (Lipinski definition) is 0. The van der Waals surface area contributed by atoms with Crippen LogP contribution in [0.4, 0.5) is 30.7 Å². The van der Waals surface area contributed by atoms with Gasteiger partial charge in [0.15, 0.2) is 17.5 Å². The third-order valence-electron chi connectivity index (χ3n) is 5.73. The van der Waals surface area contributed by atoms with Crippen LogP contribution in [0.1, 0.15) is 5.56 Å². The van der Waals surface area contributed by atoms with Gasteiger partial charge < -0.3 is 9.47 Å². The zero-order valence-electron chi connectivity index (χ0n) is 20.2. The van der Waals surface area contributed by atoms with Crippen LogP contribution in [-0.2, 0) is 6.11 Å². The summed E-state index contributed by atoms with van der Waals surface area (Å²) in [4.78, 5) is 4.58. The SMILES string of the molecule is C=CCOc1ccc2nc(-c3ccc(-c4cc(F)c(C(F)(F)Oc5cc(F)c(F)c(F)c5)c(F)c4)cc3)sc2c1. The molecule has 4 aromatic carbocycles. The van der Waals surface area contributed by atoms with Crippen molar-refractivity contribution in [2.24, 2.45) is 0 Å². The smallest absolute Gasteiger partial charge is 0.432 e. The van der Waals surface area contributed by atoms with E-state index in [1.54, 1.807) is 36.4 Å². The van der Waals surface area contributed by atoms with Gasteiger partial charge in [0.1, 0.15) is 40.3 Å². The van der Waals surface area contributed by atoms with E-state index in [2.05, 4.69) is 16.3 Å². The topological polar surface area (TPSA) is 31.4 Å². The van der Waals surface area contributed by atoms with E-state index in [0.29, 0.717) is 35.1 Å². The average Bonchev–Trinajstić information content (AvgIpc) is 3.33. The molecule has 1 aromatic heterocycles. The molecule has 0 atom stereocenters. The number of halogens is 7. The fraction of sp³-hybridized carbons (Fsp3) is 0.0690. The fourth-order valence-corrected chi connectivity index (χ4v) is 4.89. The molecule has 0 spiro atoms. The monoisotopic (exact) mass is 575 g/mol. The minimum absolute atomic E-state index is 0.0479. The van der Waals surface area contributed by atoms with Crippen molar-refractivity contribution in [2.45, 2.75) is 6.11 Å². The van der Waals surface area contributed by atoms with Crippen molar-refractivity contribution >= 4 is 21.6 Å². The summed E-state index contributed by atoms with van der Waals surface area (Å²) in [5.41, 5.74) is -0.0303. The first-order valence-corrected chi connectivity index (χ1v) is 12.3. The van der Waals surface area contributed by atoms with Crippen LogP contribution in [0.2, 0.25) is 0 Å². The zero-order chi connectivity index (χ0) is 28.6. The molecule has 0 bridgehead atoms. The molecule has 0 saturated heterocycles. The highest BCUT2D eigenvalue weighted by molar-refractivity contribution is 7.21. The molecule has 0 fully saturated rings. The summed E-state index contributed by atoms with van der Waals surface area (Å²) < 4.78 is 109. The molecule has 0 radical (unpaired) electrons. The number of ether oxygens (including phenoxy) is 2. The predicted octanol–water partition coefficient (Wildman–Crippen LogP) is 9.02. The quantitative estimate of drug-likeness (QED) is 0.105. The van der Waals surface area contributed by atoms with Gasteiger partial charge in [0.2, 0.25) is 0 Å². The third kappa shape index (κ3) is 5.37. The number of benzene rings is 4. The van der Waals surface area contributed by atoms with E-state index in [4.69, 9.17) is 4.74 Å². The largest absolute Gasteiger partial charge is 0.490 e. The Hall–Kier alpha value is -4.38. The Balaban J connectivity index is 1.39. The normalized spacial score (nSPS) is 11.6. The second-order valence-corrected chi connectivity index (χ2v) is 9.49. The minimum atomic E-state index is -4.67. The summed E-state index contributed by atoms with van der Waals surface area (Å²) in [7, 11) is 0. The molecule has 11 heteroatoms. The lowest BCUT2D eigenvalue weighted by Crippen LogP contribution is -2.25. The molecular weight excluding hydrogens is 559 g/mol. The molecule has 5 aromatic rings. The molecular formula is C29H16F7NO2S. The minimum Gasteiger partial charge on any atom is -0.490 e. The highest BCUT2D eigenvalue weighted by Crippen LogP contribution is 2.38. The summed E-state index contributed by atoms with van der Waals surface area (Å²) in [5.74, 6) is -9.33. The number of aromatic nitrogens is 1. The zero-order valence-corrected chi connectivity index (χ0v) is 21.0. The highest BCUT2D eigenvalue weighted by atomic mass is 32.1. The summed E-state index contributed by atoms with van der Waals surface area (Å²) in [6.07, 6.45) is -3.04. The summed E-state index contributed by atoms with van der Waals surface area (Å²) in [6, 6.07) is 13.5. The standard InChI is InChI=1S/C29H16F7NO2S/c1-2-9-38-18-7-8-24-25(14-18)40-28(37-24)16-5-3-15(4-6-16)17-10-20(30)26(21(31)11-17)29(35,36)39-19-12-22(32)27(34)23(33)13-19/h2-8,10-14H,1,9H2. The van der Waals surface area contributed by atoms with Gasteiger partial charge in [0.25, 0.3) is 0 Å². The van der Waals surface area contributed by atoms with Crippen LogP contribution in [-0.4, -0.2) is 11.6 Å². The van der Waals surface area contributed by atoms with Gasteiger partial charge in [-0.2, -0.15) is 8.78 Å². The number of hydrogen-bond acceptors (Lipinski definition) is 4. The first-order valence-electron chi connectivity index (χ1n) is 11.5. The number of thiazole rings is 1. The second kappa shape index (κ2) is 10.6. The lowest BCUT2D eigenvalue weighted by molar-refractivity contribution is -0.189. The molecule has 3 nitrogen and oxygen atoms in total. The van der Waals surface area contributed by atoms with Crippen LogP contribution in [0.25, 0.3) is 31.9 Å². The molecule has 40 heavy (non-hydrogen) atoms. The van der Waals surface area contributed by atoms with Crippen LogP contribution in [0.3, 0.4) is 0 Å². The Labute approximate surface area is 226 Å². The van der Waals surface area contributed by atoms with Gasteiger partial charge in [-0.1, -0.05) is 36.9 Å². The highest BCUT2D eigenvalue weighted by Gasteiger charge is 2.41. The molecule has 0 amide bonds. The molecule has 0 aliphatic heterocycles. The number of nitrogens with zero attached hydrogens (tertiary/aromatic N) is 1. The molecule has 204 valence electrons. The Bertz CT molecular complexity index is 1690. The van der Waals surface area contributed by atoms with E-state index < -0.39 is 46.5 Å². The molecule has 0 unspecified atom stereocenters. The Kier molecular flexibility index (Phi) is 7.24. The maximum Gasteiger partial charge on any atom is 0.432 e. The molecule has 1 heterocycles. The number of alkyl halides is 2. The molecule has 0 aliphatic carbocycles. The van der Waals surface area contributed by atoms with Crippen molar-refractivity contribution in [1.29, 1.82) is 0 Å². The number of rotatable bonds is 8. The molecule has 0 N–H and O–H groups in total. The van der Waals surface area contributed by atoms with Gasteiger partial charge in [0, 0.05) is 17.7 Å². The van der Waals surface area contributed by atoms with Gasteiger partial charge in [-0.25, -0.2) is 26.9 Å². The van der Waals surface area contributed by atoms with E-state index in [1.807, 2.05) is 12.1 Å². The molecule has 0 aliphatic rings. The summed E-state index contributed by atoms with van der Waals surface area (Å²) in [6.45, 7) is 3.97. The van der Waals surface area contributed by atoms with E-state index in [1.165, 1.54) is 11.3 Å². The van der Waals surface area contributed by atoms with Crippen molar-refractivity contribution in [3.8, 4) is 33.2 Å². The summed E-state index contributed by atoms with van der Waals surface area (Å²) >= 11 is 1.41. The van der Waals surface area contributed by atoms with Gasteiger partial charge in [-0.15, -0.1) is 11.3 Å². The summed E-state index contributed by atoms with van der Waals surface area (Å²) in [5, 5.41) is 0.681. The fourth-order valence-electron chi connectivity index (χ4n) is 3.89. The van der Waals surface area contributed by atoms with Crippen molar-refractivity contribution in [3.63, 3.8) is 0 Å². The van der Waals surface area contributed by atoms with Gasteiger partial charge in [-0.3, -0.25) is 0 Å². The Morgan fingerprint density at radius 2 is 1.38 bits per heavy atom. The van der Waals surface area contributed by atoms with E-state index in [-0.39, 0.29) is 17.7 Å². The van der Waals surface area contributed by atoms with Crippen molar-refractivity contribution < 1.29 is 40.2 Å². The van der Waals surface area contributed by atoms with Gasteiger partial charge in [0.05, 0.1) is 10.2 Å². The van der Waals surface area contributed by atoms with Crippen LogP contribution < -0.4 is 9.47 Å². The average molecular weight is 576 g/mol. The maximum atomic E-state index is 14.8. The van der Waals surface area contributed by atoms with E-state index >= 15 is 0 Å². The molecule has 5 rings (SSSR count). The third-order valence-corrected chi connectivity index (χ3v) is 6.80. The van der Waals surface area contributed by atoms with Crippen LogP contribution in [0.15, 0.2) is 79.4 Å². The van der Waals surface area contributed by atoms with Gasteiger partial charge >= 0.3 is 6.11 Å². The second-order valence-electron chi connectivity index (χ2n) is 8.46. The van der Waals surface area contributed by atoms with Crippen molar-refractivity contribution in [3.05, 3.63) is 114 Å². The first-order chi connectivity index (χ1) is 19.1. The van der Waals surface area contributed by atoms with E-state index in [0.717, 1.165) is 15.8 Å². The van der Waals surface area contributed by atoms with Crippen molar-refractivity contribution in [1.82, 2.24) is 4.98 Å². The van der Waals surface area contributed by atoms with Crippen molar-refractivity contribution in [2.75, 3.05) is 6.61 Å². The van der Waals surface area contributed by atoms with Crippen LogP contribution in [0.5, 0.6) is 11.5 Å².